The number of nitrogens with two attached hydrogens (primary N) is 1. The summed E-state index contributed by atoms with van der Waals surface area (Å²) in [5, 5.41) is 10.8. The predicted octanol–water partition coefficient (Wildman–Crippen LogP) is 3.24. The number of hydrogen-bond acceptors (Lipinski definition) is 4. The van der Waals surface area contributed by atoms with Crippen LogP contribution in [0.2, 0.25) is 0 Å². The molecule has 2 N–H and O–H groups in total. The van der Waals surface area contributed by atoms with Gasteiger partial charge in [-0.25, -0.2) is 8.78 Å². The molecule has 0 spiro atoms. The lowest BCUT2D eigenvalue weighted by molar-refractivity contribution is -0.385. The van der Waals surface area contributed by atoms with Gasteiger partial charge in [-0.1, -0.05) is 0 Å². The number of nitrogens with zero attached hydrogens (tertiary/aromatic N) is 2. The topological polar surface area (TPSA) is 72.4 Å². The second-order valence-electron chi connectivity index (χ2n) is 5.38. The van der Waals surface area contributed by atoms with E-state index in [2.05, 4.69) is 0 Å². The Balaban J connectivity index is 2.47. The first-order valence-electron chi connectivity index (χ1n) is 7.00. The third kappa shape index (κ3) is 3.12. The van der Waals surface area contributed by atoms with Gasteiger partial charge < -0.3 is 10.6 Å². The van der Waals surface area contributed by atoms with Crippen molar-refractivity contribution in [2.75, 3.05) is 11.4 Å². The van der Waals surface area contributed by atoms with Crippen molar-refractivity contribution in [1.29, 1.82) is 0 Å². The van der Waals surface area contributed by atoms with Crippen LogP contribution in [0.25, 0.3) is 0 Å². The van der Waals surface area contributed by atoms with Crippen LogP contribution in [0.1, 0.15) is 38.2 Å². The van der Waals surface area contributed by atoms with Crippen LogP contribution in [0.3, 0.4) is 0 Å². The van der Waals surface area contributed by atoms with Gasteiger partial charge in [0.05, 0.1) is 4.92 Å². The van der Waals surface area contributed by atoms with E-state index >= 15 is 0 Å². The van der Waals surface area contributed by atoms with Gasteiger partial charge in [0.2, 0.25) is 0 Å². The van der Waals surface area contributed by atoms with Crippen molar-refractivity contribution >= 4 is 11.4 Å². The van der Waals surface area contributed by atoms with Crippen molar-refractivity contribution < 1.29 is 13.7 Å². The van der Waals surface area contributed by atoms with E-state index < -0.39 is 11.3 Å². The fourth-order valence-electron chi connectivity index (χ4n) is 3.02. The monoisotopic (exact) mass is 299 g/mol. The first-order valence-corrected chi connectivity index (χ1v) is 7.00. The molecule has 0 radical (unpaired) electrons. The zero-order valence-electron chi connectivity index (χ0n) is 11.8. The van der Waals surface area contributed by atoms with E-state index in [4.69, 9.17) is 5.73 Å². The van der Waals surface area contributed by atoms with Gasteiger partial charge in [-0.2, -0.15) is 0 Å². The van der Waals surface area contributed by atoms with E-state index in [0.29, 0.717) is 12.2 Å². The summed E-state index contributed by atoms with van der Waals surface area (Å²) in [4.78, 5) is 12.0. The summed E-state index contributed by atoms with van der Waals surface area (Å²) < 4.78 is 26.6. The molecule has 2 atom stereocenters. The third-order valence-electron chi connectivity index (χ3n) is 4.03. The molecule has 0 aromatic heterocycles. The molecule has 1 saturated heterocycles. The van der Waals surface area contributed by atoms with E-state index in [1.165, 1.54) is 12.1 Å². The summed E-state index contributed by atoms with van der Waals surface area (Å²) in [6.45, 7) is 2.35. The van der Waals surface area contributed by atoms with Crippen molar-refractivity contribution in [3.05, 3.63) is 33.9 Å². The quantitative estimate of drug-likeness (QED) is 0.684. The molecular formula is C14H19F2N3O2. The van der Waals surface area contributed by atoms with Crippen molar-refractivity contribution in [1.82, 2.24) is 0 Å². The molecule has 0 bridgehead atoms. The van der Waals surface area contributed by atoms with E-state index in [1.54, 1.807) is 0 Å². The van der Waals surface area contributed by atoms with Gasteiger partial charge in [0, 0.05) is 42.0 Å². The molecule has 7 heteroatoms. The number of non-ortho nitro benzene ring substituents is 1. The third-order valence-corrected chi connectivity index (χ3v) is 4.03. The van der Waals surface area contributed by atoms with E-state index in [1.807, 2.05) is 11.8 Å². The lowest BCUT2D eigenvalue weighted by Gasteiger charge is -2.43. The highest BCUT2D eigenvalue weighted by Gasteiger charge is 2.31. The number of piperidine rings is 1. The minimum Gasteiger partial charge on any atom is -0.364 e. The highest BCUT2D eigenvalue weighted by molar-refractivity contribution is 5.60. The van der Waals surface area contributed by atoms with Gasteiger partial charge in [0.25, 0.3) is 12.1 Å². The second-order valence-corrected chi connectivity index (χ2v) is 5.38. The number of alkyl halides is 2. The van der Waals surface area contributed by atoms with Gasteiger partial charge in [0.1, 0.15) is 0 Å². The summed E-state index contributed by atoms with van der Waals surface area (Å²) in [5.74, 6) is 0. The SMILES string of the molecule is CC1CCCC(CN)N1c1ccc([N+](=O)[O-])cc1C(F)F. The molecule has 116 valence electrons. The van der Waals surface area contributed by atoms with Crippen LogP contribution >= 0.6 is 0 Å². The number of benzene rings is 1. The maximum absolute atomic E-state index is 13.3. The van der Waals surface area contributed by atoms with Crippen LogP contribution in [0.15, 0.2) is 18.2 Å². The van der Waals surface area contributed by atoms with Crippen molar-refractivity contribution in [2.45, 2.75) is 44.7 Å². The van der Waals surface area contributed by atoms with Gasteiger partial charge in [-0.15, -0.1) is 0 Å². The summed E-state index contributed by atoms with van der Waals surface area (Å²) in [6, 6.07) is 3.74. The zero-order chi connectivity index (χ0) is 15.6. The van der Waals surface area contributed by atoms with Crippen LogP contribution in [-0.2, 0) is 0 Å². The van der Waals surface area contributed by atoms with Gasteiger partial charge >= 0.3 is 0 Å². The standard InChI is InChI=1S/C14H19F2N3O2/c1-9-3-2-4-11(8-17)18(9)13-6-5-10(19(20)21)7-12(13)14(15)16/h5-7,9,11,14H,2-4,8,17H2,1H3. The lowest BCUT2D eigenvalue weighted by Crippen LogP contribution is -2.49. The van der Waals surface area contributed by atoms with Crippen LogP contribution in [0.5, 0.6) is 0 Å². The summed E-state index contributed by atoms with van der Waals surface area (Å²) >= 11 is 0. The molecule has 1 aromatic rings. The average molecular weight is 299 g/mol. The van der Waals surface area contributed by atoms with Crippen LogP contribution in [0.4, 0.5) is 20.2 Å². The predicted molar refractivity (Wildman–Crippen MR) is 76.7 cm³/mol. The summed E-state index contributed by atoms with van der Waals surface area (Å²) in [6.07, 6.45) is 0.000151. The Morgan fingerprint density at radius 2 is 2.19 bits per heavy atom. The van der Waals surface area contributed by atoms with Gasteiger partial charge in [-0.05, 0) is 32.3 Å². The normalized spacial score (nSPS) is 22.6. The number of nitro groups is 1. The molecule has 2 unspecified atom stereocenters. The molecule has 1 aliphatic rings. The Morgan fingerprint density at radius 3 is 2.76 bits per heavy atom. The van der Waals surface area contributed by atoms with Crippen molar-refractivity contribution in [2.24, 2.45) is 5.73 Å². The largest absolute Gasteiger partial charge is 0.364 e. The fourth-order valence-corrected chi connectivity index (χ4v) is 3.02. The molecule has 1 fully saturated rings. The van der Waals surface area contributed by atoms with Crippen molar-refractivity contribution in [3.63, 3.8) is 0 Å². The Labute approximate surface area is 121 Å². The molecule has 0 saturated carbocycles. The Morgan fingerprint density at radius 1 is 1.48 bits per heavy atom. The maximum Gasteiger partial charge on any atom is 0.270 e. The molecule has 5 nitrogen and oxygen atoms in total. The second kappa shape index (κ2) is 6.34. The average Bonchev–Trinajstić information content (AvgIpc) is 2.46. The molecule has 2 rings (SSSR count). The Kier molecular flexibility index (Phi) is 4.72. The van der Waals surface area contributed by atoms with Crippen LogP contribution < -0.4 is 10.6 Å². The maximum atomic E-state index is 13.3. The van der Waals surface area contributed by atoms with Gasteiger partial charge in [0.15, 0.2) is 0 Å². The highest BCUT2D eigenvalue weighted by atomic mass is 19.3. The molecule has 0 amide bonds. The molecule has 0 aliphatic carbocycles. The molecule has 1 heterocycles. The molecule has 1 aromatic carbocycles. The lowest BCUT2D eigenvalue weighted by atomic mass is 9.94. The molecule has 1 aliphatic heterocycles. The summed E-state index contributed by atoms with van der Waals surface area (Å²) in [5.41, 5.74) is 5.51. The minimum absolute atomic E-state index is 0.00675. The molecule has 21 heavy (non-hydrogen) atoms. The number of rotatable bonds is 4. The van der Waals surface area contributed by atoms with Crippen LogP contribution in [-0.4, -0.2) is 23.6 Å². The number of nitro benzene ring substituents is 1. The van der Waals surface area contributed by atoms with E-state index in [-0.39, 0.29) is 23.3 Å². The van der Waals surface area contributed by atoms with E-state index in [0.717, 1.165) is 25.3 Å². The first-order chi connectivity index (χ1) is 9.95. The molecular weight excluding hydrogens is 280 g/mol. The smallest absolute Gasteiger partial charge is 0.270 e. The number of halogens is 2. The van der Waals surface area contributed by atoms with E-state index in [9.17, 15) is 18.9 Å². The number of anilines is 1. The minimum atomic E-state index is -2.76. The highest BCUT2D eigenvalue weighted by Crippen LogP contribution is 2.37. The Hall–Kier alpha value is -1.76. The van der Waals surface area contributed by atoms with Gasteiger partial charge in [-0.3, -0.25) is 10.1 Å². The van der Waals surface area contributed by atoms with Crippen LogP contribution in [0, 0.1) is 10.1 Å². The fraction of sp³-hybridized carbons (Fsp3) is 0.571. The first kappa shape index (κ1) is 15.6. The summed E-state index contributed by atoms with van der Waals surface area (Å²) in [7, 11) is 0. The zero-order valence-corrected chi connectivity index (χ0v) is 11.8. The Bertz CT molecular complexity index is 525. The van der Waals surface area contributed by atoms with Crippen molar-refractivity contribution in [3.8, 4) is 0 Å². The number of hydrogen-bond donors (Lipinski definition) is 1.